The van der Waals surface area contributed by atoms with Gasteiger partial charge in [-0.1, -0.05) is 18.6 Å². The lowest BCUT2D eigenvalue weighted by molar-refractivity contribution is -0.141. The number of fused-ring (bicyclic) bond motifs is 1. The van der Waals surface area contributed by atoms with Crippen LogP contribution in [0.5, 0.6) is 0 Å². The van der Waals surface area contributed by atoms with Crippen molar-refractivity contribution < 1.29 is 14.0 Å². The van der Waals surface area contributed by atoms with Crippen LogP contribution in [0.4, 0.5) is 4.39 Å². The number of halogens is 2. The fourth-order valence-corrected chi connectivity index (χ4v) is 4.75. The number of rotatable bonds is 3. The first-order chi connectivity index (χ1) is 12.6. The first-order valence-corrected chi connectivity index (χ1v) is 9.67. The van der Waals surface area contributed by atoms with Crippen LogP contribution in [0, 0.1) is 17.7 Å². The molecule has 7 heteroatoms. The lowest BCUT2D eigenvalue weighted by Gasteiger charge is -2.31. The quantitative estimate of drug-likeness (QED) is 0.854. The normalized spacial score (nSPS) is 27.9. The monoisotopic (exact) mass is 395 g/mol. The molecule has 0 spiro atoms. The fourth-order valence-electron chi connectivity index (χ4n) is 4.75. The lowest BCUT2D eigenvalue weighted by Crippen LogP contribution is -2.43. The van der Waals surface area contributed by atoms with Gasteiger partial charge in [0, 0.05) is 38.5 Å². The minimum absolute atomic E-state index is 0. The molecule has 0 radical (unpaired) electrons. The van der Waals surface area contributed by atoms with Crippen LogP contribution in [0.3, 0.4) is 0 Å². The van der Waals surface area contributed by atoms with Crippen LogP contribution in [-0.4, -0.2) is 54.3 Å². The number of carbonyl (C=O) groups excluding carboxylic acids is 2. The Morgan fingerprint density at radius 1 is 1.22 bits per heavy atom. The Balaban J connectivity index is 0.00000210. The summed E-state index contributed by atoms with van der Waals surface area (Å²) in [6.45, 7) is 3.23. The minimum atomic E-state index is -0.271. The molecule has 3 heterocycles. The number of carbonyl (C=O) groups is 2. The number of nitrogens with one attached hydrogen (secondary N) is 1. The van der Waals surface area contributed by atoms with Crippen molar-refractivity contribution in [3.63, 3.8) is 0 Å². The molecule has 2 amide bonds. The smallest absolute Gasteiger partial charge is 0.242 e. The van der Waals surface area contributed by atoms with E-state index in [0.717, 1.165) is 37.9 Å². The van der Waals surface area contributed by atoms with Gasteiger partial charge in [-0.25, -0.2) is 4.39 Å². The summed E-state index contributed by atoms with van der Waals surface area (Å²) in [5, 5.41) is 3.40. The van der Waals surface area contributed by atoms with Crippen LogP contribution in [0.2, 0.25) is 0 Å². The highest BCUT2D eigenvalue weighted by Crippen LogP contribution is 2.42. The van der Waals surface area contributed by atoms with E-state index < -0.39 is 0 Å². The number of hydrogen-bond donors (Lipinski definition) is 1. The molecule has 148 valence electrons. The van der Waals surface area contributed by atoms with Crippen molar-refractivity contribution in [2.24, 2.45) is 11.8 Å². The third-order valence-electron chi connectivity index (χ3n) is 6.07. The summed E-state index contributed by atoms with van der Waals surface area (Å²) in [5.74, 6) is 0.503. The van der Waals surface area contributed by atoms with E-state index in [1.165, 1.54) is 6.07 Å². The van der Waals surface area contributed by atoms with E-state index in [1.54, 1.807) is 17.0 Å². The van der Waals surface area contributed by atoms with Gasteiger partial charge in [-0.2, -0.15) is 0 Å². The highest BCUT2D eigenvalue weighted by molar-refractivity contribution is 5.86. The van der Waals surface area contributed by atoms with Crippen LogP contribution in [0.15, 0.2) is 24.3 Å². The van der Waals surface area contributed by atoms with Crippen LogP contribution >= 0.6 is 12.4 Å². The molecule has 5 nitrogen and oxygen atoms in total. The summed E-state index contributed by atoms with van der Waals surface area (Å²) in [7, 11) is 0. The summed E-state index contributed by atoms with van der Waals surface area (Å²) < 4.78 is 13.8. The summed E-state index contributed by atoms with van der Waals surface area (Å²) in [5.41, 5.74) is 0.858. The van der Waals surface area contributed by atoms with Gasteiger partial charge in [0.05, 0.1) is 12.6 Å². The zero-order chi connectivity index (χ0) is 18.1. The molecule has 0 aromatic heterocycles. The Hall–Kier alpha value is -1.66. The van der Waals surface area contributed by atoms with Crippen LogP contribution in [0.25, 0.3) is 0 Å². The van der Waals surface area contributed by atoms with Gasteiger partial charge >= 0.3 is 0 Å². The molecule has 3 atom stereocenters. The largest absolute Gasteiger partial charge is 0.333 e. The maximum Gasteiger partial charge on any atom is 0.242 e. The molecule has 0 bridgehead atoms. The van der Waals surface area contributed by atoms with Crippen LogP contribution < -0.4 is 5.32 Å². The second-order valence-electron chi connectivity index (χ2n) is 7.75. The number of likely N-dealkylation sites (tertiary alicyclic amines) is 2. The predicted molar refractivity (Wildman–Crippen MR) is 103 cm³/mol. The first kappa shape index (κ1) is 20.1. The van der Waals surface area contributed by atoms with E-state index in [-0.39, 0.29) is 42.6 Å². The SMILES string of the molecule is Cl.O=C1CCCCCN1CC(=O)N1C[C@@H]2CNC[C@@H]2[C@H]1c1cccc(F)c1. The second-order valence-corrected chi connectivity index (χ2v) is 7.75. The van der Waals surface area contributed by atoms with Gasteiger partial charge < -0.3 is 15.1 Å². The van der Waals surface area contributed by atoms with Gasteiger partial charge in [-0.3, -0.25) is 9.59 Å². The van der Waals surface area contributed by atoms with Crippen molar-refractivity contribution in [2.75, 3.05) is 32.7 Å². The average Bonchev–Trinajstić information content (AvgIpc) is 3.15. The molecular weight excluding hydrogens is 369 g/mol. The maximum atomic E-state index is 13.8. The molecule has 0 aliphatic carbocycles. The van der Waals surface area contributed by atoms with Crippen LogP contribution in [0.1, 0.15) is 37.3 Å². The summed E-state index contributed by atoms with van der Waals surface area (Å²) >= 11 is 0. The van der Waals surface area contributed by atoms with Gasteiger partial charge in [0.25, 0.3) is 0 Å². The highest BCUT2D eigenvalue weighted by atomic mass is 35.5. The van der Waals surface area contributed by atoms with Gasteiger partial charge in [-0.15, -0.1) is 12.4 Å². The standard InChI is InChI=1S/C20H26FN3O2.ClH/c21-16-6-4-5-14(9-16)20-17-11-22-10-15(17)12-24(20)19(26)13-23-8-3-1-2-7-18(23)25;/h4-6,9,15,17,20,22H,1-3,7-8,10-13H2;1H/t15-,17-,20+;/m0./s1. The van der Waals surface area contributed by atoms with E-state index in [4.69, 9.17) is 0 Å². The first-order valence-electron chi connectivity index (χ1n) is 9.67. The van der Waals surface area contributed by atoms with Crippen molar-refractivity contribution in [1.82, 2.24) is 15.1 Å². The fraction of sp³-hybridized carbons (Fsp3) is 0.600. The Morgan fingerprint density at radius 2 is 2.07 bits per heavy atom. The molecule has 3 saturated heterocycles. The van der Waals surface area contributed by atoms with Gasteiger partial charge in [0.2, 0.25) is 11.8 Å². The molecule has 1 aromatic carbocycles. The zero-order valence-electron chi connectivity index (χ0n) is 15.4. The van der Waals surface area contributed by atoms with Gasteiger partial charge in [-0.05, 0) is 36.5 Å². The van der Waals surface area contributed by atoms with Crippen LogP contribution in [-0.2, 0) is 9.59 Å². The summed E-state index contributed by atoms with van der Waals surface area (Å²) in [6.07, 6.45) is 3.45. The molecule has 27 heavy (non-hydrogen) atoms. The number of nitrogens with zero attached hydrogens (tertiary/aromatic N) is 2. The molecular formula is C20H27ClFN3O2. The third kappa shape index (κ3) is 4.11. The van der Waals surface area contributed by atoms with E-state index in [0.29, 0.717) is 31.3 Å². The summed E-state index contributed by atoms with van der Waals surface area (Å²) in [6, 6.07) is 6.49. The minimum Gasteiger partial charge on any atom is -0.333 e. The topological polar surface area (TPSA) is 52.7 Å². The van der Waals surface area contributed by atoms with Crippen molar-refractivity contribution in [3.8, 4) is 0 Å². The molecule has 1 N–H and O–H groups in total. The van der Waals surface area contributed by atoms with Crippen molar-refractivity contribution in [2.45, 2.75) is 31.7 Å². The average molecular weight is 396 g/mol. The molecule has 1 aromatic rings. The zero-order valence-corrected chi connectivity index (χ0v) is 16.2. The lowest BCUT2D eigenvalue weighted by atomic mass is 9.89. The van der Waals surface area contributed by atoms with Crippen molar-refractivity contribution in [1.29, 1.82) is 0 Å². The molecule has 3 aliphatic heterocycles. The molecule has 3 fully saturated rings. The molecule has 0 unspecified atom stereocenters. The van der Waals surface area contributed by atoms with E-state index >= 15 is 0 Å². The van der Waals surface area contributed by atoms with Crippen molar-refractivity contribution >= 4 is 24.2 Å². The summed E-state index contributed by atoms with van der Waals surface area (Å²) in [4.78, 5) is 28.9. The Labute approximate surface area is 165 Å². The number of amides is 2. The molecule has 4 rings (SSSR count). The van der Waals surface area contributed by atoms with E-state index in [9.17, 15) is 14.0 Å². The van der Waals surface area contributed by atoms with E-state index in [2.05, 4.69) is 5.32 Å². The Bertz CT molecular complexity index is 702. The molecule has 0 saturated carbocycles. The number of benzene rings is 1. The predicted octanol–water partition coefficient (Wildman–Crippen LogP) is 2.37. The highest BCUT2D eigenvalue weighted by Gasteiger charge is 2.47. The maximum absolute atomic E-state index is 13.8. The Kier molecular flexibility index (Phi) is 6.37. The van der Waals surface area contributed by atoms with Gasteiger partial charge in [0.15, 0.2) is 0 Å². The third-order valence-corrected chi connectivity index (χ3v) is 6.07. The van der Waals surface area contributed by atoms with Gasteiger partial charge in [0.1, 0.15) is 5.82 Å². The number of hydrogen-bond acceptors (Lipinski definition) is 3. The Morgan fingerprint density at radius 3 is 2.89 bits per heavy atom. The molecule has 3 aliphatic rings. The van der Waals surface area contributed by atoms with E-state index in [1.807, 2.05) is 11.0 Å². The second kappa shape index (κ2) is 8.57. The van der Waals surface area contributed by atoms with Crippen molar-refractivity contribution in [3.05, 3.63) is 35.6 Å².